The third-order valence-electron chi connectivity index (χ3n) is 5.96. The van der Waals surface area contributed by atoms with Gasteiger partial charge in [-0.05, 0) is 32.1 Å². The normalized spacial score (nSPS) is 27.8. The maximum atomic E-state index is 12.6. The Hall–Kier alpha value is -1.12. The van der Waals surface area contributed by atoms with Crippen molar-refractivity contribution in [1.29, 1.82) is 0 Å². The van der Waals surface area contributed by atoms with Gasteiger partial charge in [-0.2, -0.15) is 0 Å². The average Bonchev–Trinajstić information content (AvgIpc) is 3.29. The third kappa shape index (κ3) is 4.54. The molecule has 0 bridgehead atoms. The van der Waals surface area contributed by atoms with Crippen LogP contribution in [0, 0.1) is 5.92 Å². The summed E-state index contributed by atoms with van der Waals surface area (Å²) in [6.45, 7) is 2.22. The fraction of sp³-hybridized carbons (Fsp3) is 0.882. The summed E-state index contributed by atoms with van der Waals surface area (Å²) >= 11 is 0. The van der Waals surface area contributed by atoms with Crippen molar-refractivity contribution in [3.8, 4) is 0 Å². The number of carbonyl (C=O) groups is 2. The van der Waals surface area contributed by atoms with Crippen molar-refractivity contribution in [1.82, 2.24) is 15.1 Å². The molecule has 0 aromatic heterocycles. The van der Waals surface area contributed by atoms with Crippen LogP contribution in [-0.4, -0.2) is 76.9 Å². The number of nitrogens with zero attached hydrogens (tertiary/aromatic N) is 2. The van der Waals surface area contributed by atoms with Gasteiger partial charge in [-0.15, -0.1) is 0 Å². The number of hydrogen-bond donors (Lipinski definition) is 3. The highest BCUT2D eigenvalue weighted by molar-refractivity contribution is 6.43. The SMILES string of the molecule is O=C(C1CCCCC1)N1CC[C@H](NCC(=O)N2CCC[C@H]2B(O)O)C1. The Bertz CT molecular complexity index is 485. The molecule has 2 atom stereocenters. The Morgan fingerprint density at radius 2 is 1.76 bits per heavy atom. The van der Waals surface area contributed by atoms with Crippen LogP contribution < -0.4 is 5.32 Å². The zero-order valence-electron chi connectivity index (χ0n) is 14.9. The molecule has 0 aromatic rings. The number of carbonyl (C=O) groups excluding carboxylic acids is 2. The topological polar surface area (TPSA) is 93.1 Å². The maximum absolute atomic E-state index is 12.6. The fourth-order valence-corrected chi connectivity index (χ4v) is 4.48. The Morgan fingerprint density at radius 3 is 2.48 bits per heavy atom. The van der Waals surface area contributed by atoms with Gasteiger partial charge in [0.25, 0.3) is 0 Å². The van der Waals surface area contributed by atoms with Crippen LogP contribution in [0.5, 0.6) is 0 Å². The molecule has 3 rings (SSSR count). The van der Waals surface area contributed by atoms with E-state index >= 15 is 0 Å². The number of hydrogen-bond acceptors (Lipinski definition) is 5. The van der Waals surface area contributed by atoms with Crippen LogP contribution in [-0.2, 0) is 9.59 Å². The monoisotopic (exact) mass is 351 g/mol. The van der Waals surface area contributed by atoms with Crippen LogP contribution in [0.2, 0.25) is 0 Å². The summed E-state index contributed by atoms with van der Waals surface area (Å²) in [6, 6.07) is 0.150. The molecular weight excluding hydrogens is 321 g/mol. The minimum absolute atomic E-state index is 0.0901. The van der Waals surface area contributed by atoms with E-state index in [4.69, 9.17) is 0 Å². The lowest BCUT2D eigenvalue weighted by atomic mass is 9.78. The molecule has 25 heavy (non-hydrogen) atoms. The second kappa shape index (κ2) is 8.51. The lowest BCUT2D eigenvalue weighted by Crippen LogP contribution is -2.49. The first-order chi connectivity index (χ1) is 12.1. The molecule has 2 amide bonds. The van der Waals surface area contributed by atoms with Crippen molar-refractivity contribution in [2.75, 3.05) is 26.2 Å². The molecule has 2 aliphatic heterocycles. The van der Waals surface area contributed by atoms with Crippen molar-refractivity contribution < 1.29 is 19.6 Å². The van der Waals surface area contributed by atoms with E-state index in [0.29, 0.717) is 25.4 Å². The molecule has 3 fully saturated rings. The molecule has 3 N–H and O–H groups in total. The van der Waals surface area contributed by atoms with Crippen molar-refractivity contribution in [3.63, 3.8) is 0 Å². The first-order valence-electron chi connectivity index (χ1n) is 9.74. The number of likely N-dealkylation sites (tertiary alicyclic amines) is 2. The smallest absolute Gasteiger partial charge is 0.426 e. The van der Waals surface area contributed by atoms with Crippen molar-refractivity contribution in [2.24, 2.45) is 5.92 Å². The summed E-state index contributed by atoms with van der Waals surface area (Å²) in [6.07, 6.45) is 7.92. The van der Waals surface area contributed by atoms with Crippen molar-refractivity contribution >= 4 is 18.9 Å². The van der Waals surface area contributed by atoms with Gasteiger partial charge >= 0.3 is 7.12 Å². The molecule has 0 aromatic carbocycles. The van der Waals surface area contributed by atoms with E-state index in [2.05, 4.69) is 5.32 Å². The van der Waals surface area contributed by atoms with Crippen LogP contribution in [0.25, 0.3) is 0 Å². The van der Waals surface area contributed by atoms with Crippen LogP contribution in [0.3, 0.4) is 0 Å². The summed E-state index contributed by atoms with van der Waals surface area (Å²) in [4.78, 5) is 28.4. The van der Waals surface area contributed by atoms with E-state index in [1.165, 1.54) is 6.42 Å². The number of nitrogens with one attached hydrogen (secondary N) is 1. The van der Waals surface area contributed by atoms with E-state index in [-0.39, 0.29) is 24.4 Å². The average molecular weight is 351 g/mol. The van der Waals surface area contributed by atoms with Crippen molar-refractivity contribution in [2.45, 2.75) is 63.3 Å². The van der Waals surface area contributed by atoms with E-state index in [1.54, 1.807) is 4.90 Å². The minimum Gasteiger partial charge on any atom is -0.426 e. The van der Waals surface area contributed by atoms with E-state index in [9.17, 15) is 19.6 Å². The van der Waals surface area contributed by atoms with Gasteiger partial charge in [0.05, 0.1) is 12.5 Å². The van der Waals surface area contributed by atoms with E-state index in [0.717, 1.165) is 45.1 Å². The summed E-state index contributed by atoms with van der Waals surface area (Å²) in [5.74, 6) is -0.0845. The largest absolute Gasteiger partial charge is 0.475 e. The molecule has 0 unspecified atom stereocenters. The van der Waals surface area contributed by atoms with E-state index < -0.39 is 13.1 Å². The predicted molar refractivity (Wildman–Crippen MR) is 94.5 cm³/mol. The van der Waals surface area contributed by atoms with Gasteiger partial charge in [-0.3, -0.25) is 9.59 Å². The summed E-state index contributed by atoms with van der Waals surface area (Å²) in [7, 11) is -1.47. The first kappa shape index (κ1) is 18.7. The van der Waals surface area contributed by atoms with Crippen LogP contribution in [0.15, 0.2) is 0 Å². The van der Waals surface area contributed by atoms with Gasteiger partial charge in [0.1, 0.15) is 0 Å². The molecule has 3 aliphatic rings. The number of amides is 2. The quantitative estimate of drug-likeness (QED) is 0.595. The summed E-state index contributed by atoms with van der Waals surface area (Å²) in [5.41, 5.74) is 0. The Kier molecular flexibility index (Phi) is 6.36. The third-order valence-corrected chi connectivity index (χ3v) is 5.96. The fourth-order valence-electron chi connectivity index (χ4n) is 4.48. The minimum atomic E-state index is -1.47. The standard InChI is InChI=1S/C17H30BN3O4/c22-16(21-9-4-7-15(21)18(24)25)11-19-14-8-10-20(12-14)17(23)13-5-2-1-3-6-13/h13-15,19,24-25H,1-12H2/t14-,15-/m0/s1. The van der Waals surface area contributed by atoms with Gasteiger partial charge < -0.3 is 25.2 Å². The van der Waals surface area contributed by atoms with Gasteiger partial charge in [-0.1, -0.05) is 19.3 Å². The molecule has 8 heteroatoms. The second-order valence-corrected chi connectivity index (χ2v) is 7.70. The molecule has 1 saturated carbocycles. The Morgan fingerprint density at radius 1 is 1.00 bits per heavy atom. The Balaban J connectivity index is 1.42. The summed E-state index contributed by atoms with van der Waals surface area (Å²) in [5, 5.41) is 22.0. The zero-order chi connectivity index (χ0) is 17.8. The van der Waals surface area contributed by atoms with Gasteiger partial charge in [0.2, 0.25) is 11.8 Å². The molecule has 1 aliphatic carbocycles. The lowest BCUT2D eigenvalue weighted by molar-refractivity contribution is -0.135. The molecular formula is C17H30BN3O4. The molecule has 7 nitrogen and oxygen atoms in total. The number of rotatable bonds is 5. The van der Waals surface area contributed by atoms with Gasteiger partial charge in [0.15, 0.2) is 0 Å². The maximum Gasteiger partial charge on any atom is 0.475 e. The highest BCUT2D eigenvalue weighted by Gasteiger charge is 2.37. The van der Waals surface area contributed by atoms with Gasteiger partial charge in [-0.25, -0.2) is 0 Å². The van der Waals surface area contributed by atoms with Crippen molar-refractivity contribution in [3.05, 3.63) is 0 Å². The van der Waals surface area contributed by atoms with Crippen LogP contribution >= 0.6 is 0 Å². The lowest BCUT2D eigenvalue weighted by Gasteiger charge is -2.27. The molecule has 140 valence electrons. The molecule has 2 saturated heterocycles. The van der Waals surface area contributed by atoms with Crippen LogP contribution in [0.1, 0.15) is 51.4 Å². The zero-order valence-corrected chi connectivity index (χ0v) is 14.9. The highest BCUT2D eigenvalue weighted by Crippen LogP contribution is 2.26. The second-order valence-electron chi connectivity index (χ2n) is 7.70. The highest BCUT2D eigenvalue weighted by atomic mass is 16.4. The predicted octanol–water partition coefficient (Wildman–Crippen LogP) is -0.240. The van der Waals surface area contributed by atoms with Crippen LogP contribution in [0.4, 0.5) is 0 Å². The van der Waals surface area contributed by atoms with Gasteiger partial charge in [0, 0.05) is 31.6 Å². The first-order valence-corrected chi connectivity index (χ1v) is 9.74. The summed E-state index contributed by atoms with van der Waals surface area (Å²) < 4.78 is 0. The molecule has 0 radical (unpaired) electrons. The van der Waals surface area contributed by atoms with E-state index in [1.807, 2.05) is 4.90 Å². The Labute approximate surface area is 149 Å². The molecule has 2 heterocycles. The molecule has 0 spiro atoms.